The van der Waals surface area contributed by atoms with Crippen LogP contribution < -0.4 is 10.1 Å². The van der Waals surface area contributed by atoms with Crippen molar-refractivity contribution in [2.24, 2.45) is 0 Å². The van der Waals surface area contributed by atoms with E-state index in [0.717, 1.165) is 41.1 Å². The summed E-state index contributed by atoms with van der Waals surface area (Å²) in [4.78, 5) is 12.3. The highest BCUT2D eigenvalue weighted by Crippen LogP contribution is 2.33. The Kier molecular flexibility index (Phi) is 4.42. The molecule has 7 nitrogen and oxygen atoms in total. The van der Waals surface area contributed by atoms with Gasteiger partial charge in [0.25, 0.3) is 5.91 Å². The molecule has 134 valence electrons. The Labute approximate surface area is 154 Å². The molecule has 0 spiro atoms. The first-order valence-corrected chi connectivity index (χ1v) is 9.34. The maximum atomic E-state index is 12.3. The predicted octanol–water partition coefficient (Wildman–Crippen LogP) is 3.72. The highest BCUT2D eigenvalue weighted by atomic mass is 32.1. The van der Waals surface area contributed by atoms with Crippen molar-refractivity contribution in [3.63, 3.8) is 0 Å². The van der Waals surface area contributed by atoms with Gasteiger partial charge in [-0.15, -0.1) is 10.2 Å². The fraction of sp³-hybridized carbons (Fsp3) is 0.333. The van der Waals surface area contributed by atoms with E-state index in [0.29, 0.717) is 10.9 Å². The molecule has 8 heteroatoms. The molecule has 0 unspecified atom stereocenters. The number of amides is 1. The third-order valence-electron chi connectivity index (χ3n) is 4.07. The van der Waals surface area contributed by atoms with E-state index in [1.54, 1.807) is 6.07 Å². The first-order chi connectivity index (χ1) is 12.6. The lowest BCUT2D eigenvalue weighted by atomic mass is 10.1. The number of anilines is 1. The Morgan fingerprint density at radius 1 is 1.35 bits per heavy atom. The lowest BCUT2D eigenvalue weighted by Crippen LogP contribution is -2.11. The van der Waals surface area contributed by atoms with E-state index in [4.69, 9.17) is 9.26 Å². The van der Waals surface area contributed by atoms with Crippen LogP contribution in [0.3, 0.4) is 0 Å². The maximum absolute atomic E-state index is 12.3. The van der Waals surface area contributed by atoms with Gasteiger partial charge in [-0.1, -0.05) is 23.4 Å². The molecule has 1 amide bonds. The first-order valence-electron chi connectivity index (χ1n) is 8.52. The van der Waals surface area contributed by atoms with Crippen molar-refractivity contribution in [3.8, 4) is 17.1 Å². The van der Waals surface area contributed by atoms with Crippen LogP contribution in [0.15, 0.2) is 28.8 Å². The fourth-order valence-corrected chi connectivity index (χ4v) is 3.71. The van der Waals surface area contributed by atoms with E-state index in [9.17, 15) is 4.79 Å². The average molecular weight is 370 g/mol. The third kappa shape index (κ3) is 3.32. The molecule has 0 radical (unpaired) electrons. The molecular formula is C18H18N4O3S. The summed E-state index contributed by atoms with van der Waals surface area (Å²) in [6, 6.07) is 7.47. The minimum absolute atomic E-state index is 0.181. The van der Waals surface area contributed by atoms with Gasteiger partial charge in [-0.05, 0) is 37.1 Å². The summed E-state index contributed by atoms with van der Waals surface area (Å²) in [5.74, 6) is 1.08. The Morgan fingerprint density at radius 2 is 2.23 bits per heavy atom. The molecule has 3 aromatic rings. The predicted molar refractivity (Wildman–Crippen MR) is 97.6 cm³/mol. The minimum Gasteiger partial charge on any atom is -0.490 e. The van der Waals surface area contributed by atoms with Crippen LogP contribution in [0.1, 0.15) is 41.3 Å². The van der Waals surface area contributed by atoms with Crippen LogP contribution in [-0.2, 0) is 12.8 Å². The standard InChI is InChI=1S/C18H18N4O3S/c1-3-4-16-20-21-18(26-16)19-17(23)13-9-15(25-22-13)11-5-6-14-12(8-11)7-10(2)24-14/h5-6,8-10H,3-4,7H2,1-2H3,(H,19,21,23)/t10-/m1/s1. The van der Waals surface area contributed by atoms with E-state index >= 15 is 0 Å². The van der Waals surface area contributed by atoms with Crippen LogP contribution in [0.2, 0.25) is 0 Å². The zero-order chi connectivity index (χ0) is 18.1. The summed E-state index contributed by atoms with van der Waals surface area (Å²) < 4.78 is 11.1. The Balaban J connectivity index is 1.49. The van der Waals surface area contributed by atoms with E-state index in [2.05, 4.69) is 27.6 Å². The zero-order valence-corrected chi connectivity index (χ0v) is 15.3. The largest absolute Gasteiger partial charge is 0.490 e. The van der Waals surface area contributed by atoms with Crippen molar-refractivity contribution in [2.45, 2.75) is 39.2 Å². The van der Waals surface area contributed by atoms with Gasteiger partial charge in [0.1, 0.15) is 16.9 Å². The second-order valence-electron chi connectivity index (χ2n) is 6.24. The normalized spacial score (nSPS) is 15.5. The molecule has 1 aromatic carbocycles. The molecular weight excluding hydrogens is 352 g/mol. The number of rotatable bonds is 5. The van der Waals surface area contributed by atoms with Gasteiger partial charge >= 0.3 is 0 Å². The number of hydrogen-bond donors (Lipinski definition) is 1. The second-order valence-corrected chi connectivity index (χ2v) is 7.30. The number of benzene rings is 1. The highest BCUT2D eigenvalue weighted by Gasteiger charge is 2.21. The van der Waals surface area contributed by atoms with Crippen molar-refractivity contribution in [2.75, 3.05) is 5.32 Å². The Morgan fingerprint density at radius 3 is 3.08 bits per heavy atom. The van der Waals surface area contributed by atoms with Gasteiger partial charge in [0.2, 0.25) is 5.13 Å². The number of hydrogen-bond acceptors (Lipinski definition) is 7. The number of carbonyl (C=O) groups excluding carboxylic acids is 1. The van der Waals surface area contributed by atoms with Gasteiger partial charge in [-0.25, -0.2) is 0 Å². The smallest absolute Gasteiger partial charge is 0.279 e. The molecule has 2 aromatic heterocycles. The van der Waals surface area contributed by atoms with Gasteiger partial charge < -0.3 is 9.26 Å². The van der Waals surface area contributed by atoms with Gasteiger partial charge in [0, 0.05) is 24.5 Å². The molecule has 1 aliphatic rings. The summed E-state index contributed by atoms with van der Waals surface area (Å²) in [5, 5.41) is 16.0. The molecule has 1 atom stereocenters. The molecule has 1 aliphatic heterocycles. The van der Waals surface area contributed by atoms with Gasteiger partial charge in [-0.3, -0.25) is 10.1 Å². The SMILES string of the molecule is CCCc1nnc(NC(=O)c2cc(-c3ccc4c(c3)C[C@@H](C)O4)on2)s1. The number of nitrogens with zero attached hydrogens (tertiary/aromatic N) is 3. The van der Waals surface area contributed by atoms with E-state index in [1.807, 2.05) is 25.1 Å². The molecule has 0 saturated heterocycles. The van der Waals surface area contributed by atoms with Crippen LogP contribution in [0, 0.1) is 0 Å². The van der Waals surface area contributed by atoms with Crippen LogP contribution in [0.5, 0.6) is 5.75 Å². The highest BCUT2D eigenvalue weighted by molar-refractivity contribution is 7.15. The quantitative estimate of drug-likeness (QED) is 0.736. The van der Waals surface area contributed by atoms with Crippen molar-refractivity contribution >= 4 is 22.4 Å². The van der Waals surface area contributed by atoms with E-state index in [1.165, 1.54) is 11.3 Å². The minimum atomic E-state index is -0.364. The van der Waals surface area contributed by atoms with Gasteiger partial charge in [0.05, 0.1) is 0 Å². The van der Waals surface area contributed by atoms with E-state index < -0.39 is 0 Å². The third-order valence-corrected chi connectivity index (χ3v) is 4.97. The van der Waals surface area contributed by atoms with Crippen molar-refractivity contribution in [3.05, 3.63) is 40.5 Å². The van der Waals surface area contributed by atoms with Gasteiger partial charge in [-0.2, -0.15) is 0 Å². The molecule has 4 rings (SSSR count). The molecule has 0 bridgehead atoms. The van der Waals surface area contributed by atoms with Gasteiger partial charge in [0.15, 0.2) is 11.5 Å². The first kappa shape index (κ1) is 16.7. The van der Waals surface area contributed by atoms with Crippen molar-refractivity contribution in [1.82, 2.24) is 15.4 Å². The monoisotopic (exact) mass is 370 g/mol. The summed E-state index contributed by atoms with van der Waals surface area (Å²) in [6.45, 7) is 4.11. The zero-order valence-electron chi connectivity index (χ0n) is 14.5. The number of fused-ring (bicyclic) bond motifs is 1. The number of carbonyl (C=O) groups is 1. The van der Waals surface area contributed by atoms with E-state index in [-0.39, 0.29) is 17.7 Å². The van der Waals surface area contributed by atoms with Crippen molar-refractivity contribution in [1.29, 1.82) is 0 Å². The number of ether oxygens (including phenoxy) is 1. The summed E-state index contributed by atoms with van der Waals surface area (Å²) in [5.41, 5.74) is 2.21. The lowest BCUT2D eigenvalue weighted by molar-refractivity contribution is 0.101. The summed E-state index contributed by atoms with van der Waals surface area (Å²) >= 11 is 1.37. The number of aromatic nitrogens is 3. The topological polar surface area (TPSA) is 90.1 Å². The molecule has 0 saturated carbocycles. The lowest BCUT2D eigenvalue weighted by Gasteiger charge is -2.02. The van der Waals surface area contributed by atoms with Crippen LogP contribution >= 0.6 is 11.3 Å². The molecule has 1 N–H and O–H groups in total. The van der Waals surface area contributed by atoms with Crippen LogP contribution in [0.4, 0.5) is 5.13 Å². The second kappa shape index (κ2) is 6.87. The summed E-state index contributed by atoms with van der Waals surface area (Å²) in [7, 11) is 0. The molecule has 3 heterocycles. The number of aryl methyl sites for hydroxylation is 1. The van der Waals surface area contributed by atoms with Crippen LogP contribution in [0.25, 0.3) is 11.3 Å². The maximum Gasteiger partial charge on any atom is 0.279 e. The van der Waals surface area contributed by atoms with Crippen molar-refractivity contribution < 1.29 is 14.1 Å². The fourth-order valence-electron chi connectivity index (χ4n) is 2.87. The molecule has 26 heavy (non-hydrogen) atoms. The Bertz CT molecular complexity index is 950. The average Bonchev–Trinajstić information content (AvgIpc) is 3.33. The molecule has 0 aliphatic carbocycles. The number of nitrogens with one attached hydrogen (secondary N) is 1. The Hall–Kier alpha value is -2.74. The molecule has 0 fully saturated rings. The summed E-state index contributed by atoms with van der Waals surface area (Å²) in [6.07, 6.45) is 2.88. The van der Waals surface area contributed by atoms with Crippen LogP contribution in [-0.4, -0.2) is 27.4 Å².